The van der Waals surface area contributed by atoms with E-state index in [9.17, 15) is 9.18 Å². The second-order valence-corrected chi connectivity index (χ2v) is 4.95. The van der Waals surface area contributed by atoms with Crippen LogP contribution in [-0.2, 0) is 15.1 Å². The Balaban J connectivity index is 3.25. The van der Waals surface area contributed by atoms with Gasteiger partial charge < -0.3 is 4.74 Å². The van der Waals surface area contributed by atoms with Crippen LogP contribution in [0.25, 0.3) is 0 Å². The predicted octanol–water partition coefficient (Wildman–Crippen LogP) is 2.87. The van der Waals surface area contributed by atoms with Crippen LogP contribution in [0.15, 0.2) is 18.2 Å². The maximum Gasteiger partial charge on any atom is 0.330 e. The number of benzene rings is 1. The van der Waals surface area contributed by atoms with Crippen LogP contribution in [0.3, 0.4) is 0 Å². The van der Waals surface area contributed by atoms with Gasteiger partial charge in [-0.3, -0.25) is 5.32 Å². The van der Waals surface area contributed by atoms with Gasteiger partial charge in [-0.25, -0.2) is 9.18 Å². The monoisotopic (exact) mass is 273 g/mol. The van der Waals surface area contributed by atoms with Gasteiger partial charge in [0.1, 0.15) is 11.4 Å². The van der Waals surface area contributed by atoms with Crippen molar-refractivity contribution in [3.05, 3.63) is 34.6 Å². The van der Waals surface area contributed by atoms with Crippen LogP contribution in [0.5, 0.6) is 0 Å². The van der Waals surface area contributed by atoms with Gasteiger partial charge in [-0.05, 0) is 38.5 Å². The fourth-order valence-corrected chi connectivity index (χ4v) is 2.03. The largest absolute Gasteiger partial charge is 0.467 e. The molecule has 0 spiro atoms. The lowest BCUT2D eigenvalue weighted by Crippen LogP contribution is -2.50. The van der Waals surface area contributed by atoms with Gasteiger partial charge in [0, 0.05) is 6.04 Å². The van der Waals surface area contributed by atoms with Crippen molar-refractivity contribution in [1.82, 2.24) is 5.32 Å². The Hall–Kier alpha value is -1.13. The van der Waals surface area contributed by atoms with E-state index >= 15 is 0 Å². The molecule has 0 aromatic heterocycles. The summed E-state index contributed by atoms with van der Waals surface area (Å²) in [7, 11) is 1.31. The molecule has 100 valence electrons. The number of methoxy groups -OCH3 is 1. The number of hydrogen-bond donors (Lipinski definition) is 1. The van der Waals surface area contributed by atoms with Crippen molar-refractivity contribution in [2.75, 3.05) is 7.11 Å². The molecule has 0 saturated carbocycles. The van der Waals surface area contributed by atoms with E-state index in [0.717, 1.165) is 0 Å². The van der Waals surface area contributed by atoms with Crippen molar-refractivity contribution in [2.45, 2.75) is 32.4 Å². The summed E-state index contributed by atoms with van der Waals surface area (Å²) >= 11 is 5.75. The number of hydrogen-bond acceptors (Lipinski definition) is 3. The summed E-state index contributed by atoms with van der Waals surface area (Å²) in [6.07, 6.45) is 0. The van der Waals surface area contributed by atoms with Gasteiger partial charge in [-0.15, -0.1) is 0 Å². The molecule has 1 unspecified atom stereocenters. The number of rotatable bonds is 4. The van der Waals surface area contributed by atoms with Gasteiger partial charge in [0.25, 0.3) is 0 Å². The molecule has 1 N–H and O–H groups in total. The number of nitrogens with one attached hydrogen (secondary N) is 1. The first-order valence-electron chi connectivity index (χ1n) is 5.63. The fourth-order valence-electron chi connectivity index (χ4n) is 1.85. The summed E-state index contributed by atoms with van der Waals surface area (Å²) < 4.78 is 18.0. The first-order valence-corrected chi connectivity index (χ1v) is 6.00. The van der Waals surface area contributed by atoms with Crippen molar-refractivity contribution in [2.24, 2.45) is 0 Å². The van der Waals surface area contributed by atoms with Crippen LogP contribution in [0, 0.1) is 5.82 Å². The summed E-state index contributed by atoms with van der Waals surface area (Å²) in [6.45, 7) is 5.50. The quantitative estimate of drug-likeness (QED) is 0.858. The smallest absolute Gasteiger partial charge is 0.330 e. The van der Waals surface area contributed by atoms with Crippen LogP contribution in [0.4, 0.5) is 4.39 Å². The van der Waals surface area contributed by atoms with Crippen LogP contribution in [-0.4, -0.2) is 19.1 Å². The maximum absolute atomic E-state index is 13.2. The Morgan fingerprint density at radius 2 is 2.11 bits per heavy atom. The third-order valence-corrected chi connectivity index (χ3v) is 2.96. The van der Waals surface area contributed by atoms with E-state index in [1.165, 1.54) is 25.3 Å². The minimum Gasteiger partial charge on any atom is -0.467 e. The first kappa shape index (κ1) is 14.9. The molecule has 0 heterocycles. The predicted molar refractivity (Wildman–Crippen MR) is 69.0 cm³/mol. The Morgan fingerprint density at radius 3 is 2.56 bits per heavy atom. The highest BCUT2D eigenvalue weighted by Gasteiger charge is 2.37. The minimum atomic E-state index is -1.06. The van der Waals surface area contributed by atoms with E-state index in [2.05, 4.69) is 5.32 Å². The molecule has 5 heteroatoms. The van der Waals surface area contributed by atoms with E-state index < -0.39 is 17.3 Å². The van der Waals surface area contributed by atoms with E-state index in [-0.39, 0.29) is 11.1 Å². The average molecular weight is 274 g/mol. The number of ether oxygens (including phenoxy) is 1. The number of esters is 1. The van der Waals surface area contributed by atoms with Gasteiger partial charge in [0.05, 0.1) is 12.1 Å². The van der Waals surface area contributed by atoms with E-state index in [0.29, 0.717) is 5.56 Å². The zero-order chi connectivity index (χ0) is 13.9. The molecule has 0 radical (unpaired) electrons. The van der Waals surface area contributed by atoms with Crippen LogP contribution in [0.2, 0.25) is 5.02 Å². The normalized spacial score (nSPS) is 14.4. The van der Waals surface area contributed by atoms with Gasteiger partial charge in [-0.2, -0.15) is 0 Å². The van der Waals surface area contributed by atoms with Crippen molar-refractivity contribution >= 4 is 17.6 Å². The standard InChI is InChI=1S/C13H17ClFNO2/c1-8(2)16-13(3,12(17)18-4)9-5-6-11(15)10(14)7-9/h5-8,16H,1-4H3. The van der Waals surface area contributed by atoms with Gasteiger partial charge in [0.2, 0.25) is 0 Å². The van der Waals surface area contributed by atoms with Crippen LogP contribution >= 0.6 is 11.6 Å². The second-order valence-electron chi connectivity index (χ2n) is 4.54. The molecule has 0 aliphatic heterocycles. The molecule has 0 fully saturated rings. The Kier molecular flexibility index (Phi) is 4.71. The average Bonchev–Trinajstić information content (AvgIpc) is 2.30. The highest BCUT2D eigenvalue weighted by Crippen LogP contribution is 2.27. The Morgan fingerprint density at radius 1 is 1.50 bits per heavy atom. The molecular weight excluding hydrogens is 257 g/mol. The lowest BCUT2D eigenvalue weighted by Gasteiger charge is -2.30. The topological polar surface area (TPSA) is 38.3 Å². The third-order valence-electron chi connectivity index (χ3n) is 2.67. The number of carbonyl (C=O) groups excluding carboxylic acids is 1. The zero-order valence-corrected chi connectivity index (χ0v) is 11.6. The number of carbonyl (C=O) groups is 1. The van der Waals surface area contributed by atoms with Crippen molar-refractivity contribution in [3.63, 3.8) is 0 Å². The zero-order valence-electron chi connectivity index (χ0n) is 10.9. The van der Waals surface area contributed by atoms with E-state index in [1.54, 1.807) is 6.92 Å². The lowest BCUT2D eigenvalue weighted by molar-refractivity contribution is -0.148. The molecule has 1 aromatic carbocycles. The Labute approximate surface area is 111 Å². The second kappa shape index (κ2) is 5.67. The van der Waals surface area contributed by atoms with Crippen molar-refractivity contribution in [1.29, 1.82) is 0 Å². The van der Waals surface area contributed by atoms with E-state index in [4.69, 9.17) is 16.3 Å². The molecule has 1 aromatic rings. The lowest BCUT2D eigenvalue weighted by atomic mass is 9.91. The van der Waals surface area contributed by atoms with E-state index in [1.807, 2.05) is 13.8 Å². The van der Waals surface area contributed by atoms with Crippen molar-refractivity contribution in [3.8, 4) is 0 Å². The van der Waals surface area contributed by atoms with Crippen molar-refractivity contribution < 1.29 is 13.9 Å². The third kappa shape index (κ3) is 3.00. The molecule has 0 aliphatic rings. The number of halogens is 2. The van der Waals surface area contributed by atoms with Gasteiger partial charge in [-0.1, -0.05) is 17.7 Å². The molecular formula is C13H17ClFNO2. The molecule has 18 heavy (non-hydrogen) atoms. The molecule has 0 bridgehead atoms. The summed E-state index contributed by atoms with van der Waals surface area (Å²) in [4.78, 5) is 11.9. The summed E-state index contributed by atoms with van der Waals surface area (Å²) in [6, 6.07) is 4.25. The van der Waals surface area contributed by atoms with Gasteiger partial charge in [0.15, 0.2) is 0 Å². The summed E-state index contributed by atoms with van der Waals surface area (Å²) in [5.74, 6) is -0.962. The molecule has 0 amide bonds. The van der Waals surface area contributed by atoms with Crippen LogP contribution in [0.1, 0.15) is 26.3 Å². The maximum atomic E-state index is 13.2. The summed E-state index contributed by atoms with van der Waals surface area (Å²) in [5, 5.41) is 3.09. The molecule has 0 saturated heterocycles. The Bertz CT molecular complexity index is 451. The first-order chi connectivity index (χ1) is 8.31. The minimum absolute atomic E-state index is 0.0202. The highest BCUT2D eigenvalue weighted by molar-refractivity contribution is 6.30. The molecule has 3 nitrogen and oxygen atoms in total. The molecule has 0 aliphatic carbocycles. The summed E-state index contributed by atoms with van der Waals surface area (Å²) in [5.41, 5.74) is -0.491. The highest BCUT2D eigenvalue weighted by atomic mass is 35.5. The molecule has 1 atom stereocenters. The molecule has 1 rings (SSSR count). The van der Waals surface area contributed by atoms with Crippen LogP contribution < -0.4 is 5.32 Å². The van der Waals surface area contributed by atoms with Gasteiger partial charge >= 0.3 is 5.97 Å². The fraction of sp³-hybridized carbons (Fsp3) is 0.462. The SMILES string of the molecule is COC(=O)C(C)(NC(C)C)c1ccc(F)c(Cl)c1.